The molecule has 0 unspecified atom stereocenters. The first-order chi connectivity index (χ1) is 13.6. The first-order valence-electron chi connectivity index (χ1n) is 9.97. The van der Waals surface area contributed by atoms with E-state index >= 15 is 0 Å². The molecule has 1 aromatic carbocycles. The van der Waals surface area contributed by atoms with Gasteiger partial charge in [0.15, 0.2) is 17.3 Å². The van der Waals surface area contributed by atoms with Gasteiger partial charge in [-0.1, -0.05) is 26.3 Å². The predicted octanol–water partition coefficient (Wildman–Crippen LogP) is 4.50. The molecule has 0 aliphatic carbocycles. The molecule has 1 aromatic heterocycles. The lowest BCUT2D eigenvalue weighted by molar-refractivity contribution is 0.273. The van der Waals surface area contributed by atoms with Gasteiger partial charge in [-0.15, -0.1) is 10.2 Å². The number of aromatic nitrogens is 3. The molecule has 0 amide bonds. The second-order valence-electron chi connectivity index (χ2n) is 7.51. The highest BCUT2D eigenvalue weighted by Gasteiger charge is 2.18. The number of methoxy groups -OCH3 is 1. The fraction of sp³-hybridized carbons (Fsp3) is 0.500. The maximum absolute atomic E-state index is 9.72. The first-order valence-corrected chi connectivity index (χ1v) is 9.97. The van der Waals surface area contributed by atoms with Crippen LogP contribution in [0.2, 0.25) is 0 Å². The summed E-state index contributed by atoms with van der Waals surface area (Å²) in [6.45, 7) is 5.85. The van der Waals surface area contributed by atoms with Crippen LogP contribution in [0.3, 0.4) is 0 Å². The molecule has 6 nitrogen and oxygen atoms in total. The van der Waals surface area contributed by atoms with Crippen molar-refractivity contribution in [1.82, 2.24) is 14.8 Å². The number of hydrogen-bond acceptors (Lipinski definition) is 5. The van der Waals surface area contributed by atoms with Gasteiger partial charge < -0.3 is 14.0 Å². The van der Waals surface area contributed by atoms with Gasteiger partial charge in [-0.2, -0.15) is 5.26 Å². The van der Waals surface area contributed by atoms with E-state index in [1.54, 1.807) is 7.11 Å². The lowest BCUT2D eigenvalue weighted by Crippen LogP contribution is -2.05. The monoisotopic (exact) mass is 380 g/mol. The molecule has 0 saturated carbocycles. The Labute approximate surface area is 166 Å². The van der Waals surface area contributed by atoms with E-state index in [0.29, 0.717) is 29.7 Å². The molecule has 0 bridgehead atoms. The molecule has 1 aliphatic heterocycles. The number of aryl methyl sites for hydroxylation is 1. The summed E-state index contributed by atoms with van der Waals surface area (Å²) >= 11 is 0. The van der Waals surface area contributed by atoms with E-state index in [1.165, 1.54) is 6.42 Å². The minimum atomic E-state index is 0.510. The van der Waals surface area contributed by atoms with Crippen LogP contribution in [-0.2, 0) is 13.0 Å². The molecular formula is C22H28N4O2. The third kappa shape index (κ3) is 4.72. The number of ether oxygens (including phenoxy) is 2. The number of hydrogen-bond donors (Lipinski definition) is 0. The van der Waals surface area contributed by atoms with Gasteiger partial charge in [-0.3, -0.25) is 0 Å². The molecule has 0 radical (unpaired) electrons. The normalized spacial score (nSPS) is 14.3. The summed E-state index contributed by atoms with van der Waals surface area (Å²) in [5.41, 5.74) is 1.38. The van der Waals surface area contributed by atoms with Crippen molar-refractivity contribution < 1.29 is 9.47 Å². The topological polar surface area (TPSA) is 73.0 Å². The van der Waals surface area contributed by atoms with Crippen molar-refractivity contribution in [3.05, 3.63) is 35.4 Å². The zero-order valence-corrected chi connectivity index (χ0v) is 16.9. The van der Waals surface area contributed by atoms with Crippen LogP contribution in [0.1, 0.15) is 56.7 Å². The van der Waals surface area contributed by atoms with Gasteiger partial charge in [0.05, 0.1) is 19.3 Å². The quantitative estimate of drug-likeness (QED) is 0.661. The van der Waals surface area contributed by atoms with Crippen LogP contribution in [0.4, 0.5) is 0 Å². The van der Waals surface area contributed by atoms with E-state index in [1.807, 2.05) is 24.3 Å². The second-order valence-corrected chi connectivity index (χ2v) is 7.51. The molecule has 0 spiro atoms. The first kappa shape index (κ1) is 19.9. The zero-order chi connectivity index (χ0) is 19.9. The van der Waals surface area contributed by atoms with Crippen LogP contribution in [-0.4, -0.2) is 28.5 Å². The van der Waals surface area contributed by atoms with E-state index in [-0.39, 0.29) is 0 Å². The molecule has 0 fully saturated rings. The molecule has 28 heavy (non-hydrogen) atoms. The number of benzene rings is 1. The van der Waals surface area contributed by atoms with Crippen LogP contribution < -0.4 is 9.47 Å². The van der Waals surface area contributed by atoms with E-state index in [9.17, 15) is 5.26 Å². The number of fused-ring (bicyclic) bond motifs is 1. The lowest BCUT2D eigenvalue weighted by Gasteiger charge is -2.12. The van der Waals surface area contributed by atoms with Crippen molar-refractivity contribution >= 4 is 11.6 Å². The third-order valence-electron chi connectivity index (χ3n) is 4.92. The summed E-state index contributed by atoms with van der Waals surface area (Å²) in [4.78, 5) is 0. The smallest absolute Gasteiger partial charge is 0.174 e. The molecular weight excluding hydrogens is 352 g/mol. The highest BCUT2D eigenvalue weighted by Crippen LogP contribution is 2.30. The minimum Gasteiger partial charge on any atom is -0.493 e. The van der Waals surface area contributed by atoms with E-state index in [2.05, 4.69) is 34.7 Å². The maximum atomic E-state index is 9.72. The lowest BCUT2D eigenvalue weighted by atomic mass is 10.1. The fourth-order valence-corrected chi connectivity index (χ4v) is 3.30. The van der Waals surface area contributed by atoms with Gasteiger partial charge in [-0.25, -0.2) is 0 Å². The van der Waals surface area contributed by atoms with Crippen molar-refractivity contribution in [1.29, 1.82) is 5.26 Å². The van der Waals surface area contributed by atoms with Crippen LogP contribution in [0, 0.1) is 17.2 Å². The van der Waals surface area contributed by atoms with Crippen molar-refractivity contribution in [3.8, 4) is 17.6 Å². The van der Waals surface area contributed by atoms with Gasteiger partial charge >= 0.3 is 0 Å². The largest absolute Gasteiger partial charge is 0.493 e. The van der Waals surface area contributed by atoms with Gasteiger partial charge in [0, 0.05) is 13.0 Å². The Hall–Kier alpha value is -2.81. The molecule has 0 saturated heterocycles. The Morgan fingerprint density at radius 3 is 2.86 bits per heavy atom. The molecule has 3 rings (SSSR count). The van der Waals surface area contributed by atoms with Crippen LogP contribution in [0.25, 0.3) is 11.6 Å². The summed E-state index contributed by atoms with van der Waals surface area (Å²) in [5.74, 6) is 3.59. The summed E-state index contributed by atoms with van der Waals surface area (Å²) in [6, 6.07) is 8.01. The number of nitrogens with zero attached hydrogens (tertiary/aromatic N) is 4. The van der Waals surface area contributed by atoms with Crippen LogP contribution >= 0.6 is 0 Å². The molecule has 2 heterocycles. The van der Waals surface area contributed by atoms with Crippen molar-refractivity contribution in [2.45, 2.75) is 52.5 Å². The van der Waals surface area contributed by atoms with E-state index in [0.717, 1.165) is 49.4 Å². The third-order valence-corrected chi connectivity index (χ3v) is 4.92. The Bertz CT molecular complexity index is 877. The number of allylic oxidation sites excluding steroid dienone is 1. The molecule has 0 atom stereocenters. The molecule has 2 aromatic rings. The van der Waals surface area contributed by atoms with Gasteiger partial charge in [-0.05, 0) is 49.0 Å². The Kier molecular flexibility index (Phi) is 6.70. The maximum Gasteiger partial charge on any atom is 0.174 e. The fourth-order valence-electron chi connectivity index (χ4n) is 3.30. The average Bonchev–Trinajstić information content (AvgIpc) is 2.94. The van der Waals surface area contributed by atoms with E-state index in [4.69, 9.17) is 9.47 Å². The molecule has 148 valence electrons. The standard InChI is InChI=1S/C22H28N4O2/c1-16(2)10-12-28-19-9-8-17(14-20(19)27-3)13-18(15-23)22-25-24-21-7-5-4-6-11-26(21)22/h8-9,13-14,16H,4-7,10-12H2,1-3H3. The Balaban J connectivity index is 1.85. The summed E-state index contributed by atoms with van der Waals surface area (Å²) in [7, 11) is 1.63. The van der Waals surface area contributed by atoms with Crippen molar-refractivity contribution in [2.75, 3.05) is 13.7 Å². The number of rotatable bonds is 7. The van der Waals surface area contributed by atoms with Crippen molar-refractivity contribution in [2.24, 2.45) is 5.92 Å². The minimum absolute atomic E-state index is 0.510. The van der Waals surface area contributed by atoms with Gasteiger partial charge in [0.1, 0.15) is 11.9 Å². The SMILES string of the molecule is COc1cc(C=C(C#N)c2nnc3n2CCCCC3)ccc1OCCC(C)C. The molecule has 6 heteroatoms. The summed E-state index contributed by atoms with van der Waals surface area (Å²) in [6.07, 6.45) is 7.14. The van der Waals surface area contributed by atoms with Crippen LogP contribution in [0.15, 0.2) is 18.2 Å². The summed E-state index contributed by atoms with van der Waals surface area (Å²) in [5, 5.41) is 18.3. The van der Waals surface area contributed by atoms with Gasteiger partial charge in [0.2, 0.25) is 0 Å². The Morgan fingerprint density at radius 2 is 2.11 bits per heavy atom. The number of nitriles is 1. The average molecular weight is 380 g/mol. The Morgan fingerprint density at radius 1 is 1.25 bits per heavy atom. The summed E-state index contributed by atoms with van der Waals surface area (Å²) < 4.78 is 13.4. The highest BCUT2D eigenvalue weighted by atomic mass is 16.5. The second kappa shape index (κ2) is 9.41. The van der Waals surface area contributed by atoms with E-state index < -0.39 is 0 Å². The molecule has 0 N–H and O–H groups in total. The zero-order valence-electron chi connectivity index (χ0n) is 16.9. The molecule has 1 aliphatic rings. The highest BCUT2D eigenvalue weighted by molar-refractivity contribution is 5.87. The van der Waals surface area contributed by atoms with Gasteiger partial charge in [0.25, 0.3) is 0 Å². The van der Waals surface area contributed by atoms with Crippen LogP contribution in [0.5, 0.6) is 11.5 Å². The van der Waals surface area contributed by atoms with Crippen molar-refractivity contribution in [3.63, 3.8) is 0 Å². The predicted molar refractivity (Wildman–Crippen MR) is 109 cm³/mol.